The molecule has 1 aromatic carbocycles. The second-order valence-electron chi connectivity index (χ2n) is 4.31. The van der Waals surface area contributed by atoms with Gasteiger partial charge in [-0.15, -0.1) is 0 Å². The van der Waals surface area contributed by atoms with Gasteiger partial charge in [0.25, 0.3) is 0 Å². The molecule has 0 saturated heterocycles. The molecule has 1 aliphatic carbocycles. The minimum Gasteiger partial charge on any atom is -0.493 e. The van der Waals surface area contributed by atoms with Crippen LogP contribution in [0.15, 0.2) is 42.0 Å². The van der Waals surface area contributed by atoms with Gasteiger partial charge in [0, 0.05) is 5.57 Å². The van der Waals surface area contributed by atoms with Crippen molar-refractivity contribution >= 4 is 5.78 Å². The van der Waals surface area contributed by atoms with Crippen molar-refractivity contribution in [1.29, 1.82) is 0 Å². The lowest BCUT2D eigenvalue weighted by molar-refractivity contribution is -0.112. The highest BCUT2D eigenvalue weighted by Crippen LogP contribution is 2.35. The standard InChI is InChI=1S/C15H16O4/c1-9-4-6-11(14(9)16)15(17)10-5-7-12(18-2)13(8-10)19-3/h5-8,15,17H,1,4H2,2-3H3. The van der Waals surface area contributed by atoms with Gasteiger partial charge in [0.2, 0.25) is 0 Å². The normalized spacial score (nSPS) is 16.3. The van der Waals surface area contributed by atoms with Crippen molar-refractivity contribution in [2.45, 2.75) is 12.5 Å². The van der Waals surface area contributed by atoms with Crippen molar-refractivity contribution in [3.05, 3.63) is 47.6 Å². The summed E-state index contributed by atoms with van der Waals surface area (Å²) < 4.78 is 10.3. The van der Waals surface area contributed by atoms with Crippen LogP contribution in [0.3, 0.4) is 0 Å². The third kappa shape index (κ3) is 2.39. The van der Waals surface area contributed by atoms with E-state index in [1.165, 1.54) is 7.11 Å². The van der Waals surface area contributed by atoms with E-state index in [0.29, 0.717) is 34.6 Å². The van der Waals surface area contributed by atoms with Crippen LogP contribution in [0.2, 0.25) is 0 Å². The molecular weight excluding hydrogens is 244 g/mol. The zero-order valence-electron chi connectivity index (χ0n) is 11.0. The van der Waals surface area contributed by atoms with Crippen LogP contribution in [-0.4, -0.2) is 25.1 Å². The van der Waals surface area contributed by atoms with Crippen LogP contribution in [0.4, 0.5) is 0 Å². The van der Waals surface area contributed by atoms with Gasteiger partial charge >= 0.3 is 0 Å². The van der Waals surface area contributed by atoms with Crippen molar-refractivity contribution in [3.8, 4) is 11.5 Å². The van der Waals surface area contributed by atoms with Gasteiger partial charge in [0.1, 0.15) is 6.10 Å². The highest BCUT2D eigenvalue weighted by Gasteiger charge is 2.26. The molecule has 4 heteroatoms. The number of carbonyl (C=O) groups excluding carboxylic acids is 1. The summed E-state index contributed by atoms with van der Waals surface area (Å²) >= 11 is 0. The molecule has 4 nitrogen and oxygen atoms in total. The first kappa shape index (κ1) is 13.4. The number of methoxy groups -OCH3 is 2. The number of aliphatic hydroxyl groups is 1. The smallest absolute Gasteiger partial charge is 0.187 e. The summed E-state index contributed by atoms with van der Waals surface area (Å²) in [6.45, 7) is 3.67. The average Bonchev–Trinajstić information content (AvgIpc) is 2.77. The number of hydrogen-bond acceptors (Lipinski definition) is 4. The molecule has 1 unspecified atom stereocenters. The van der Waals surface area contributed by atoms with Crippen molar-refractivity contribution in [2.24, 2.45) is 0 Å². The van der Waals surface area contributed by atoms with Gasteiger partial charge in [-0.25, -0.2) is 0 Å². The highest BCUT2D eigenvalue weighted by molar-refractivity contribution is 6.11. The predicted molar refractivity (Wildman–Crippen MR) is 71.4 cm³/mol. The second kappa shape index (κ2) is 5.28. The van der Waals surface area contributed by atoms with E-state index in [-0.39, 0.29) is 5.78 Å². The fraction of sp³-hybridized carbons (Fsp3) is 0.267. The van der Waals surface area contributed by atoms with E-state index >= 15 is 0 Å². The van der Waals surface area contributed by atoms with Gasteiger partial charge < -0.3 is 14.6 Å². The summed E-state index contributed by atoms with van der Waals surface area (Å²) in [5.74, 6) is 0.917. The number of Topliss-reactive ketones (excluding diaryl/α,β-unsaturated/α-hetero) is 1. The Labute approximate surface area is 112 Å². The lowest BCUT2D eigenvalue weighted by Gasteiger charge is -2.14. The largest absolute Gasteiger partial charge is 0.493 e. The number of rotatable bonds is 4. The van der Waals surface area contributed by atoms with Crippen LogP contribution in [0, 0.1) is 0 Å². The zero-order chi connectivity index (χ0) is 14.0. The maximum Gasteiger partial charge on any atom is 0.187 e. The monoisotopic (exact) mass is 260 g/mol. The van der Waals surface area contributed by atoms with Crippen molar-refractivity contribution in [3.63, 3.8) is 0 Å². The summed E-state index contributed by atoms with van der Waals surface area (Å²) in [4.78, 5) is 11.8. The minimum absolute atomic E-state index is 0.178. The summed E-state index contributed by atoms with van der Waals surface area (Å²) in [6.07, 6.45) is 1.25. The Morgan fingerprint density at radius 3 is 2.47 bits per heavy atom. The van der Waals surface area contributed by atoms with Gasteiger partial charge in [0.05, 0.1) is 14.2 Å². The predicted octanol–water partition coefficient (Wildman–Crippen LogP) is 2.19. The quantitative estimate of drug-likeness (QED) is 0.843. The lowest BCUT2D eigenvalue weighted by Crippen LogP contribution is -2.09. The topological polar surface area (TPSA) is 55.8 Å². The van der Waals surface area contributed by atoms with E-state index in [1.54, 1.807) is 31.4 Å². The van der Waals surface area contributed by atoms with Crippen molar-refractivity contribution in [1.82, 2.24) is 0 Å². The number of aliphatic hydroxyl groups excluding tert-OH is 1. The molecule has 19 heavy (non-hydrogen) atoms. The molecule has 0 amide bonds. The first-order chi connectivity index (χ1) is 9.08. The maximum atomic E-state index is 11.8. The molecule has 0 radical (unpaired) electrons. The number of benzene rings is 1. The molecule has 1 atom stereocenters. The minimum atomic E-state index is -0.966. The molecule has 0 aromatic heterocycles. The Bertz CT molecular complexity index is 557. The fourth-order valence-electron chi connectivity index (χ4n) is 2.06. The third-order valence-corrected chi connectivity index (χ3v) is 3.17. The number of allylic oxidation sites excluding steroid dienone is 2. The van der Waals surface area contributed by atoms with Gasteiger partial charge in [-0.1, -0.05) is 18.7 Å². The Balaban J connectivity index is 2.32. The molecule has 0 spiro atoms. The maximum absolute atomic E-state index is 11.8. The number of hydrogen-bond donors (Lipinski definition) is 1. The second-order valence-corrected chi connectivity index (χ2v) is 4.31. The molecule has 1 aromatic rings. The molecule has 2 rings (SSSR count). The van der Waals surface area contributed by atoms with Gasteiger partial charge in [0.15, 0.2) is 17.3 Å². The highest BCUT2D eigenvalue weighted by atomic mass is 16.5. The average molecular weight is 260 g/mol. The molecular formula is C15H16O4. The van der Waals surface area contributed by atoms with Gasteiger partial charge in [-0.05, 0) is 29.7 Å². The number of ether oxygens (including phenoxy) is 2. The molecule has 100 valence electrons. The third-order valence-electron chi connectivity index (χ3n) is 3.17. The molecule has 1 N–H and O–H groups in total. The van der Waals surface area contributed by atoms with Gasteiger partial charge in [-0.2, -0.15) is 0 Å². The first-order valence-electron chi connectivity index (χ1n) is 5.91. The Hall–Kier alpha value is -2.07. The summed E-state index contributed by atoms with van der Waals surface area (Å²) in [5, 5.41) is 10.3. The van der Waals surface area contributed by atoms with Crippen molar-refractivity contribution in [2.75, 3.05) is 14.2 Å². The van der Waals surface area contributed by atoms with Gasteiger partial charge in [-0.3, -0.25) is 4.79 Å². The van der Waals surface area contributed by atoms with Crippen LogP contribution >= 0.6 is 0 Å². The molecule has 0 saturated carbocycles. The summed E-state index contributed by atoms with van der Waals surface area (Å²) in [6, 6.07) is 5.08. The fourth-order valence-corrected chi connectivity index (χ4v) is 2.06. The summed E-state index contributed by atoms with van der Waals surface area (Å²) in [7, 11) is 3.07. The molecule has 0 aliphatic heterocycles. The molecule has 0 fully saturated rings. The number of ketones is 1. The Morgan fingerprint density at radius 2 is 1.95 bits per heavy atom. The first-order valence-corrected chi connectivity index (χ1v) is 5.91. The van der Waals surface area contributed by atoms with Crippen LogP contribution in [0.25, 0.3) is 0 Å². The van der Waals surface area contributed by atoms with E-state index in [9.17, 15) is 9.90 Å². The van der Waals surface area contributed by atoms with E-state index < -0.39 is 6.10 Å². The Morgan fingerprint density at radius 1 is 1.26 bits per heavy atom. The SMILES string of the molecule is C=C1CC=C(C(O)c2ccc(OC)c(OC)c2)C1=O. The summed E-state index contributed by atoms with van der Waals surface area (Å²) in [5.41, 5.74) is 1.47. The van der Waals surface area contributed by atoms with Crippen LogP contribution in [0.1, 0.15) is 18.1 Å². The molecule has 0 heterocycles. The van der Waals surface area contributed by atoms with Crippen molar-refractivity contribution < 1.29 is 19.4 Å². The molecule has 0 bridgehead atoms. The Kier molecular flexibility index (Phi) is 3.71. The van der Waals surface area contributed by atoms with Crippen LogP contribution in [-0.2, 0) is 4.79 Å². The number of carbonyl (C=O) groups is 1. The van der Waals surface area contributed by atoms with Crippen LogP contribution < -0.4 is 9.47 Å². The van der Waals surface area contributed by atoms with E-state index in [1.807, 2.05) is 0 Å². The van der Waals surface area contributed by atoms with E-state index in [4.69, 9.17) is 9.47 Å². The van der Waals surface area contributed by atoms with E-state index in [2.05, 4.69) is 6.58 Å². The molecule has 1 aliphatic rings. The van der Waals surface area contributed by atoms with Crippen LogP contribution in [0.5, 0.6) is 11.5 Å². The lowest BCUT2D eigenvalue weighted by atomic mass is 9.99. The zero-order valence-corrected chi connectivity index (χ0v) is 11.0. The van der Waals surface area contributed by atoms with E-state index in [0.717, 1.165) is 0 Å².